The summed E-state index contributed by atoms with van der Waals surface area (Å²) in [6.07, 6.45) is 0. The molecule has 1 N–H and O–H groups in total. The van der Waals surface area contributed by atoms with Gasteiger partial charge in [-0.3, -0.25) is 0 Å². The van der Waals surface area contributed by atoms with Crippen LogP contribution in [0.4, 0.5) is 5.69 Å². The van der Waals surface area contributed by atoms with Crippen molar-refractivity contribution in [2.75, 3.05) is 32.1 Å². The standard InChI is InChI=1S/C14H22N2OS/c1-12(2)11-16(9-10-17-3)14(18)15-13-7-5-4-6-8-13/h4-8,12H,9-11H2,1-3H3,(H,15,18). The number of hydrogen-bond acceptors (Lipinski definition) is 2. The topological polar surface area (TPSA) is 24.5 Å². The normalized spacial score (nSPS) is 10.4. The van der Waals surface area contributed by atoms with E-state index in [1.807, 2.05) is 30.3 Å². The number of methoxy groups -OCH3 is 1. The molecule has 0 unspecified atom stereocenters. The van der Waals surface area contributed by atoms with Crippen molar-refractivity contribution in [1.29, 1.82) is 0 Å². The molecule has 1 aromatic rings. The second kappa shape index (κ2) is 8.06. The Morgan fingerprint density at radius 2 is 2.00 bits per heavy atom. The first-order chi connectivity index (χ1) is 8.63. The number of thiocarbonyl (C=S) groups is 1. The first-order valence-electron chi connectivity index (χ1n) is 6.23. The van der Waals surface area contributed by atoms with Crippen LogP contribution < -0.4 is 5.32 Å². The Labute approximate surface area is 115 Å². The number of nitrogens with one attached hydrogen (secondary N) is 1. The minimum atomic E-state index is 0.567. The summed E-state index contributed by atoms with van der Waals surface area (Å²) in [4.78, 5) is 2.15. The highest BCUT2D eigenvalue weighted by atomic mass is 32.1. The molecule has 0 atom stereocenters. The molecule has 3 nitrogen and oxygen atoms in total. The zero-order chi connectivity index (χ0) is 13.4. The van der Waals surface area contributed by atoms with E-state index in [0.717, 1.165) is 23.9 Å². The predicted octanol–water partition coefficient (Wildman–Crippen LogP) is 2.99. The van der Waals surface area contributed by atoms with Gasteiger partial charge in [-0.2, -0.15) is 0 Å². The van der Waals surface area contributed by atoms with Crippen molar-refractivity contribution in [2.24, 2.45) is 5.92 Å². The number of benzene rings is 1. The molecule has 0 fully saturated rings. The zero-order valence-corrected chi connectivity index (χ0v) is 12.2. The summed E-state index contributed by atoms with van der Waals surface area (Å²) in [5.74, 6) is 0.567. The third-order valence-electron chi connectivity index (χ3n) is 2.46. The van der Waals surface area contributed by atoms with E-state index < -0.39 is 0 Å². The van der Waals surface area contributed by atoms with Crippen LogP contribution in [0.25, 0.3) is 0 Å². The van der Waals surface area contributed by atoms with Crippen molar-refractivity contribution in [1.82, 2.24) is 4.90 Å². The maximum absolute atomic E-state index is 5.45. The minimum Gasteiger partial charge on any atom is -0.383 e. The SMILES string of the molecule is COCCN(CC(C)C)C(=S)Nc1ccccc1. The molecule has 0 bridgehead atoms. The van der Waals surface area contributed by atoms with E-state index >= 15 is 0 Å². The summed E-state index contributed by atoms with van der Waals surface area (Å²) in [5, 5.41) is 4.01. The highest BCUT2D eigenvalue weighted by molar-refractivity contribution is 7.80. The Bertz CT molecular complexity index is 354. The van der Waals surface area contributed by atoms with Gasteiger partial charge >= 0.3 is 0 Å². The lowest BCUT2D eigenvalue weighted by molar-refractivity contribution is 0.173. The number of hydrogen-bond donors (Lipinski definition) is 1. The molecule has 18 heavy (non-hydrogen) atoms. The molecule has 0 radical (unpaired) electrons. The molecular weight excluding hydrogens is 244 g/mol. The van der Waals surface area contributed by atoms with Crippen LogP contribution >= 0.6 is 12.2 Å². The molecule has 0 aliphatic rings. The molecule has 4 heteroatoms. The fraction of sp³-hybridized carbons (Fsp3) is 0.500. The Hall–Kier alpha value is -1.13. The van der Waals surface area contributed by atoms with Crippen LogP contribution in [0.3, 0.4) is 0 Å². The second-order valence-electron chi connectivity index (χ2n) is 4.63. The van der Waals surface area contributed by atoms with E-state index in [2.05, 4.69) is 24.1 Å². The number of para-hydroxylation sites is 1. The van der Waals surface area contributed by atoms with Gasteiger partial charge in [0.05, 0.1) is 6.61 Å². The fourth-order valence-corrected chi connectivity index (χ4v) is 1.93. The molecule has 0 heterocycles. The predicted molar refractivity (Wildman–Crippen MR) is 80.9 cm³/mol. The molecular formula is C14H22N2OS. The number of nitrogens with zero attached hydrogens (tertiary/aromatic N) is 1. The van der Waals surface area contributed by atoms with Gasteiger partial charge in [-0.25, -0.2) is 0 Å². The first-order valence-corrected chi connectivity index (χ1v) is 6.64. The second-order valence-corrected chi connectivity index (χ2v) is 5.02. The van der Waals surface area contributed by atoms with Gasteiger partial charge in [-0.05, 0) is 30.3 Å². The van der Waals surface area contributed by atoms with Gasteiger partial charge in [0.25, 0.3) is 0 Å². The van der Waals surface area contributed by atoms with Crippen LogP contribution in [-0.4, -0.2) is 36.8 Å². The van der Waals surface area contributed by atoms with Crippen molar-refractivity contribution in [3.63, 3.8) is 0 Å². The Morgan fingerprint density at radius 1 is 1.33 bits per heavy atom. The Kier molecular flexibility index (Phi) is 6.68. The fourth-order valence-electron chi connectivity index (χ4n) is 1.64. The lowest BCUT2D eigenvalue weighted by Crippen LogP contribution is -2.39. The summed E-state index contributed by atoms with van der Waals surface area (Å²) >= 11 is 5.45. The average molecular weight is 266 g/mol. The summed E-state index contributed by atoms with van der Waals surface area (Å²) in [6.45, 7) is 6.80. The molecule has 100 valence electrons. The largest absolute Gasteiger partial charge is 0.383 e. The molecule has 0 aliphatic carbocycles. The monoisotopic (exact) mass is 266 g/mol. The van der Waals surface area contributed by atoms with Crippen molar-refractivity contribution in [3.05, 3.63) is 30.3 Å². The molecule has 0 amide bonds. The Morgan fingerprint density at radius 3 is 2.56 bits per heavy atom. The molecule has 0 saturated carbocycles. The number of anilines is 1. The van der Waals surface area contributed by atoms with Gasteiger partial charge in [0.2, 0.25) is 0 Å². The third-order valence-corrected chi connectivity index (χ3v) is 2.82. The quantitative estimate of drug-likeness (QED) is 0.800. The van der Waals surface area contributed by atoms with Crippen molar-refractivity contribution >= 4 is 23.0 Å². The third kappa shape index (κ3) is 5.47. The van der Waals surface area contributed by atoms with E-state index in [9.17, 15) is 0 Å². The van der Waals surface area contributed by atoms with Gasteiger partial charge in [-0.15, -0.1) is 0 Å². The number of rotatable bonds is 6. The van der Waals surface area contributed by atoms with Crippen LogP contribution in [0.2, 0.25) is 0 Å². The average Bonchev–Trinajstić information content (AvgIpc) is 2.35. The van der Waals surface area contributed by atoms with Gasteiger partial charge in [0.1, 0.15) is 0 Å². The van der Waals surface area contributed by atoms with E-state index in [4.69, 9.17) is 17.0 Å². The molecule has 1 rings (SSSR count). The summed E-state index contributed by atoms with van der Waals surface area (Å²) in [5.41, 5.74) is 1.02. The van der Waals surface area contributed by atoms with Crippen LogP contribution in [0.5, 0.6) is 0 Å². The molecule has 1 aromatic carbocycles. The van der Waals surface area contributed by atoms with Gasteiger partial charge in [0, 0.05) is 25.9 Å². The Balaban J connectivity index is 2.58. The maximum Gasteiger partial charge on any atom is 0.173 e. The molecule has 0 spiro atoms. The highest BCUT2D eigenvalue weighted by Crippen LogP contribution is 2.08. The highest BCUT2D eigenvalue weighted by Gasteiger charge is 2.11. The first kappa shape index (κ1) is 14.9. The maximum atomic E-state index is 5.45. The molecule has 0 aromatic heterocycles. The van der Waals surface area contributed by atoms with E-state index in [0.29, 0.717) is 12.5 Å². The smallest absolute Gasteiger partial charge is 0.173 e. The molecule has 0 saturated heterocycles. The summed E-state index contributed by atoms with van der Waals surface area (Å²) in [7, 11) is 1.71. The van der Waals surface area contributed by atoms with E-state index in [-0.39, 0.29) is 0 Å². The van der Waals surface area contributed by atoms with E-state index in [1.54, 1.807) is 7.11 Å². The van der Waals surface area contributed by atoms with Crippen LogP contribution in [0, 0.1) is 5.92 Å². The van der Waals surface area contributed by atoms with Crippen molar-refractivity contribution < 1.29 is 4.74 Å². The van der Waals surface area contributed by atoms with Gasteiger partial charge in [-0.1, -0.05) is 32.0 Å². The summed E-state index contributed by atoms with van der Waals surface area (Å²) < 4.78 is 5.13. The minimum absolute atomic E-state index is 0.567. The number of ether oxygens (including phenoxy) is 1. The van der Waals surface area contributed by atoms with Crippen LogP contribution in [0.1, 0.15) is 13.8 Å². The van der Waals surface area contributed by atoms with E-state index in [1.165, 1.54) is 0 Å². The summed E-state index contributed by atoms with van der Waals surface area (Å²) in [6, 6.07) is 10.00. The van der Waals surface area contributed by atoms with Crippen molar-refractivity contribution in [3.8, 4) is 0 Å². The molecule has 0 aliphatic heterocycles. The lowest BCUT2D eigenvalue weighted by Gasteiger charge is -2.27. The van der Waals surface area contributed by atoms with Crippen LogP contribution in [0.15, 0.2) is 30.3 Å². The van der Waals surface area contributed by atoms with Crippen LogP contribution in [-0.2, 0) is 4.74 Å². The zero-order valence-electron chi connectivity index (χ0n) is 11.3. The van der Waals surface area contributed by atoms with Gasteiger partial charge in [0.15, 0.2) is 5.11 Å². The van der Waals surface area contributed by atoms with Crippen molar-refractivity contribution in [2.45, 2.75) is 13.8 Å². The van der Waals surface area contributed by atoms with Gasteiger partial charge < -0.3 is 15.0 Å². The lowest BCUT2D eigenvalue weighted by atomic mass is 10.2.